The largest absolute Gasteiger partial charge is 0.492 e. The molecule has 0 aliphatic carbocycles. The number of ether oxygens (including phenoxy) is 1. The highest BCUT2D eigenvalue weighted by atomic mass is 79.9. The Kier molecular flexibility index (Phi) is 7.95. The molecule has 0 heterocycles. The van der Waals surface area contributed by atoms with E-state index >= 15 is 0 Å². The molecular weight excluding hydrogens is 265 g/mol. The number of hydrogen-bond acceptors (Lipinski definition) is 2. The molecule has 2 nitrogen and oxygen atoms in total. The van der Waals surface area contributed by atoms with Gasteiger partial charge in [-0.05, 0) is 30.8 Å². The summed E-state index contributed by atoms with van der Waals surface area (Å²) in [7, 11) is 0. The first kappa shape index (κ1) is 13.8. The fourth-order valence-corrected chi connectivity index (χ4v) is 1.21. The zero-order chi connectivity index (χ0) is 9.52. The van der Waals surface area contributed by atoms with Crippen molar-refractivity contribution in [2.75, 3.05) is 19.7 Å². The Bertz CT molecular complexity index is 240. The van der Waals surface area contributed by atoms with Gasteiger partial charge in [-0.15, -0.1) is 12.4 Å². The van der Waals surface area contributed by atoms with Crippen molar-refractivity contribution in [3.05, 3.63) is 28.7 Å². The van der Waals surface area contributed by atoms with Crippen molar-refractivity contribution in [2.45, 2.75) is 6.92 Å². The summed E-state index contributed by atoms with van der Waals surface area (Å²) in [5.74, 6) is 0.918. The minimum atomic E-state index is 0. The molecule has 0 unspecified atom stereocenters. The molecule has 0 spiro atoms. The Hall–Kier alpha value is -0.250. The van der Waals surface area contributed by atoms with Crippen LogP contribution in [0.25, 0.3) is 0 Å². The van der Waals surface area contributed by atoms with Gasteiger partial charge in [-0.2, -0.15) is 0 Å². The van der Waals surface area contributed by atoms with Crippen molar-refractivity contribution in [1.29, 1.82) is 0 Å². The maximum absolute atomic E-state index is 5.48. The van der Waals surface area contributed by atoms with Gasteiger partial charge in [-0.1, -0.05) is 22.9 Å². The van der Waals surface area contributed by atoms with Gasteiger partial charge >= 0.3 is 0 Å². The molecule has 0 radical (unpaired) electrons. The highest BCUT2D eigenvalue weighted by Gasteiger charge is 1.92. The molecule has 1 rings (SSSR count). The van der Waals surface area contributed by atoms with Gasteiger partial charge in [0.1, 0.15) is 12.4 Å². The molecule has 0 aliphatic rings. The van der Waals surface area contributed by atoms with Gasteiger partial charge < -0.3 is 10.1 Å². The molecule has 0 atom stereocenters. The molecule has 1 aromatic rings. The molecule has 14 heavy (non-hydrogen) atoms. The zero-order valence-corrected chi connectivity index (χ0v) is 10.5. The van der Waals surface area contributed by atoms with Crippen LogP contribution < -0.4 is 10.1 Å². The summed E-state index contributed by atoms with van der Waals surface area (Å²) in [6, 6.07) is 7.86. The van der Waals surface area contributed by atoms with E-state index in [2.05, 4.69) is 28.2 Å². The van der Waals surface area contributed by atoms with Crippen LogP contribution in [0.15, 0.2) is 28.7 Å². The zero-order valence-electron chi connectivity index (χ0n) is 8.13. The third-order valence-corrected chi connectivity index (χ3v) is 2.14. The fourth-order valence-electron chi connectivity index (χ4n) is 0.949. The SMILES string of the molecule is CCNCCOc1ccc(Br)cc1.Cl. The first-order valence-corrected chi connectivity index (χ1v) is 5.21. The van der Waals surface area contributed by atoms with E-state index in [4.69, 9.17) is 4.74 Å². The smallest absolute Gasteiger partial charge is 0.119 e. The minimum Gasteiger partial charge on any atom is -0.492 e. The van der Waals surface area contributed by atoms with E-state index in [9.17, 15) is 0 Å². The van der Waals surface area contributed by atoms with Gasteiger partial charge in [0.15, 0.2) is 0 Å². The van der Waals surface area contributed by atoms with Crippen molar-refractivity contribution in [1.82, 2.24) is 5.32 Å². The molecule has 0 amide bonds. The van der Waals surface area contributed by atoms with Crippen LogP contribution in [0.5, 0.6) is 5.75 Å². The van der Waals surface area contributed by atoms with E-state index in [0.717, 1.165) is 29.9 Å². The number of hydrogen-bond donors (Lipinski definition) is 1. The molecule has 0 aliphatic heterocycles. The molecule has 0 saturated heterocycles. The van der Waals surface area contributed by atoms with Crippen LogP contribution in [0.4, 0.5) is 0 Å². The molecule has 0 saturated carbocycles. The highest BCUT2D eigenvalue weighted by Crippen LogP contribution is 2.15. The van der Waals surface area contributed by atoms with Gasteiger partial charge in [0.25, 0.3) is 0 Å². The number of likely N-dealkylation sites (N-methyl/N-ethyl adjacent to an activating group) is 1. The number of halogens is 2. The summed E-state index contributed by atoms with van der Waals surface area (Å²) in [5.41, 5.74) is 0. The van der Waals surface area contributed by atoms with Gasteiger partial charge in [-0.3, -0.25) is 0 Å². The molecule has 0 fully saturated rings. The lowest BCUT2D eigenvalue weighted by atomic mass is 10.3. The quantitative estimate of drug-likeness (QED) is 0.838. The van der Waals surface area contributed by atoms with Crippen molar-refractivity contribution in [3.8, 4) is 5.75 Å². The number of rotatable bonds is 5. The van der Waals surface area contributed by atoms with Crippen LogP contribution in [0.3, 0.4) is 0 Å². The van der Waals surface area contributed by atoms with Crippen LogP contribution in [-0.2, 0) is 0 Å². The lowest BCUT2D eigenvalue weighted by Gasteiger charge is -2.05. The Balaban J connectivity index is 0.00000169. The maximum Gasteiger partial charge on any atom is 0.119 e. The lowest BCUT2D eigenvalue weighted by molar-refractivity contribution is 0.315. The van der Waals surface area contributed by atoms with Crippen LogP contribution in [0, 0.1) is 0 Å². The van der Waals surface area contributed by atoms with Crippen molar-refractivity contribution < 1.29 is 4.74 Å². The second kappa shape index (κ2) is 8.09. The summed E-state index contributed by atoms with van der Waals surface area (Å²) in [5, 5.41) is 3.20. The van der Waals surface area contributed by atoms with E-state index in [1.165, 1.54) is 0 Å². The normalized spacial score (nSPS) is 9.29. The molecule has 0 aromatic heterocycles. The Morgan fingerprint density at radius 2 is 1.93 bits per heavy atom. The van der Waals surface area contributed by atoms with E-state index in [1.54, 1.807) is 0 Å². The van der Waals surface area contributed by atoms with Gasteiger partial charge in [-0.25, -0.2) is 0 Å². The Morgan fingerprint density at radius 3 is 2.50 bits per heavy atom. The lowest BCUT2D eigenvalue weighted by Crippen LogP contribution is -2.20. The first-order valence-electron chi connectivity index (χ1n) is 4.42. The topological polar surface area (TPSA) is 21.3 Å². The predicted molar refractivity (Wildman–Crippen MR) is 65.4 cm³/mol. The third kappa shape index (κ3) is 5.47. The van der Waals surface area contributed by atoms with Crippen molar-refractivity contribution >= 4 is 28.3 Å². The van der Waals surface area contributed by atoms with Crippen LogP contribution >= 0.6 is 28.3 Å². The van der Waals surface area contributed by atoms with E-state index < -0.39 is 0 Å². The molecule has 0 bridgehead atoms. The monoisotopic (exact) mass is 279 g/mol. The van der Waals surface area contributed by atoms with Crippen molar-refractivity contribution in [3.63, 3.8) is 0 Å². The second-order valence-corrected chi connectivity index (χ2v) is 3.57. The maximum atomic E-state index is 5.48. The summed E-state index contributed by atoms with van der Waals surface area (Å²) >= 11 is 3.37. The second-order valence-electron chi connectivity index (χ2n) is 2.66. The molecule has 4 heteroatoms. The first-order chi connectivity index (χ1) is 6.33. The minimum absolute atomic E-state index is 0. The predicted octanol–water partition coefficient (Wildman–Crippen LogP) is 2.86. The third-order valence-electron chi connectivity index (χ3n) is 1.61. The van der Waals surface area contributed by atoms with Crippen LogP contribution in [-0.4, -0.2) is 19.7 Å². The Morgan fingerprint density at radius 1 is 1.29 bits per heavy atom. The average Bonchev–Trinajstić information content (AvgIpc) is 2.15. The van der Waals surface area contributed by atoms with E-state index in [0.29, 0.717) is 0 Å². The average molecular weight is 281 g/mol. The molecule has 1 N–H and O–H groups in total. The highest BCUT2D eigenvalue weighted by molar-refractivity contribution is 9.10. The number of nitrogens with one attached hydrogen (secondary N) is 1. The summed E-state index contributed by atoms with van der Waals surface area (Å²) in [6.45, 7) is 4.69. The van der Waals surface area contributed by atoms with E-state index in [1.807, 2.05) is 24.3 Å². The summed E-state index contributed by atoms with van der Waals surface area (Å²) in [4.78, 5) is 0. The standard InChI is InChI=1S/C10H14BrNO.ClH/c1-2-12-7-8-13-10-5-3-9(11)4-6-10;/h3-6,12H,2,7-8H2,1H3;1H. The number of benzene rings is 1. The molecule has 80 valence electrons. The van der Waals surface area contributed by atoms with Gasteiger partial charge in [0.05, 0.1) is 0 Å². The molecular formula is C10H15BrClNO. The fraction of sp³-hybridized carbons (Fsp3) is 0.400. The van der Waals surface area contributed by atoms with E-state index in [-0.39, 0.29) is 12.4 Å². The Labute approximate surface area is 99.6 Å². The summed E-state index contributed by atoms with van der Waals surface area (Å²) < 4.78 is 6.56. The molecule has 1 aromatic carbocycles. The van der Waals surface area contributed by atoms with Crippen LogP contribution in [0.2, 0.25) is 0 Å². The van der Waals surface area contributed by atoms with Crippen LogP contribution in [0.1, 0.15) is 6.92 Å². The van der Waals surface area contributed by atoms with Crippen molar-refractivity contribution in [2.24, 2.45) is 0 Å². The van der Waals surface area contributed by atoms with Gasteiger partial charge in [0.2, 0.25) is 0 Å². The van der Waals surface area contributed by atoms with Gasteiger partial charge in [0, 0.05) is 11.0 Å². The summed E-state index contributed by atoms with van der Waals surface area (Å²) in [6.07, 6.45) is 0.